The fourth-order valence-corrected chi connectivity index (χ4v) is 2.25. The molecule has 0 saturated carbocycles. The van der Waals surface area contributed by atoms with E-state index in [1.54, 1.807) is 6.07 Å². The fourth-order valence-electron chi connectivity index (χ4n) is 2.25. The highest BCUT2D eigenvalue weighted by molar-refractivity contribution is 5.45. The summed E-state index contributed by atoms with van der Waals surface area (Å²) in [5.41, 5.74) is 0.638. The van der Waals surface area contributed by atoms with Crippen molar-refractivity contribution in [3.8, 4) is 23.8 Å². The van der Waals surface area contributed by atoms with E-state index in [0.717, 1.165) is 12.8 Å². The van der Waals surface area contributed by atoms with Gasteiger partial charge in [-0.25, -0.2) is 4.39 Å². The molecular weight excluding hydrogens is 231 g/mol. The van der Waals surface area contributed by atoms with E-state index >= 15 is 0 Å². The normalized spacial score (nSPS) is 14.9. The lowest BCUT2D eigenvalue weighted by Gasteiger charge is -2.22. The second-order valence-corrected chi connectivity index (χ2v) is 4.41. The molecule has 2 rings (SSSR count). The number of benzene rings is 1. The van der Waals surface area contributed by atoms with Gasteiger partial charge in [-0.3, -0.25) is 0 Å². The molecule has 0 aromatic heterocycles. The van der Waals surface area contributed by atoms with Crippen LogP contribution in [0.5, 0.6) is 11.5 Å². The first-order valence-electron chi connectivity index (χ1n) is 6.28. The van der Waals surface area contributed by atoms with Gasteiger partial charge in [0.05, 0.1) is 0 Å². The van der Waals surface area contributed by atoms with Crippen molar-refractivity contribution in [3.05, 3.63) is 23.5 Å². The molecule has 0 aliphatic carbocycles. The van der Waals surface area contributed by atoms with Gasteiger partial charge in [-0.15, -0.1) is 12.3 Å². The Hall–Kier alpha value is -1.69. The van der Waals surface area contributed by atoms with E-state index in [9.17, 15) is 4.39 Å². The molecule has 0 saturated heterocycles. The summed E-state index contributed by atoms with van der Waals surface area (Å²) in [6.45, 7) is 3.04. The van der Waals surface area contributed by atoms with Crippen LogP contribution in [0.4, 0.5) is 4.39 Å². The number of hydrogen-bond donors (Lipinski definition) is 0. The van der Waals surface area contributed by atoms with E-state index in [2.05, 4.69) is 12.8 Å². The van der Waals surface area contributed by atoms with Crippen molar-refractivity contribution >= 4 is 0 Å². The van der Waals surface area contributed by atoms with Crippen LogP contribution in [0.1, 0.15) is 37.7 Å². The first kappa shape index (κ1) is 12.8. The number of hydrogen-bond acceptors (Lipinski definition) is 2. The highest BCUT2D eigenvalue weighted by atomic mass is 19.1. The van der Waals surface area contributed by atoms with Crippen molar-refractivity contribution in [3.63, 3.8) is 0 Å². The van der Waals surface area contributed by atoms with Gasteiger partial charge < -0.3 is 9.47 Å². The molecular formula is C15H17FO2. The molecule has 1 aromatic rings. The maximum absolute atomic E-state index is 14.1. The van der Waals surface area contributed by atoms with E-state index in [1.807, 2.05) is 0 Å². The van der Waals surface area contributed by atoms with Crippen LogP contribution in [0.2, 0.25) is 0 Å². The Morgan fingerprint density at radius 1 is 1.33 bits per heavy atom. The highest BCUT2D eigenvalue weighted by Crippen LogP contribution is 2.37. The van der Waals surface area contributed by atoms with Crippen LogP contribution in [0.25, 0.3) is 0 Å². The van der Waals surface area contributed by atoms with Gasteiger partial charge in [0.15, 0.2) is 11.5 Å². The Morgan fingerprint density at radius 3 is 2.61 bits per heavy atom. The number of halogens is 1. The van der Waals surface area contributed by atoms with Crippen molar-refractivity contribution in [1.82, 2.24) is 0 Å². The monoisotopic (exact) mass is 248 g/mol. The van der Waals surface area contributed by atoms with Crippen LogP contribution in [-0.4, -0.2) is 13.2 Å². The summed E-state index contributed by atoms with van der Waals surface area (Å²) >= 11 is 0. The van der Waals surface area contributed by atoms with Crippen LogP contribution in [0.15, 0.2) is 12.1 Å². The average molecular weight is 248 g/mol. The van der Waals surface area contributed by atoms with E-state index in [1.165, 1.54) is 6.07 Å². The Balaban J connectivity index is 2.34. The molecule has 1 heterocycles. The predicted octanol–water partition coefficient (Wildman–Crippen LogP) is 3.50. The average Bonchev–Trinajstić information content (AvgIpc) is 2.38. The summed E-state index contributed by atoms with van der Waals surface area (Å²) in [7, 11) is 0. The van der Waals surface area contributed by atoms with Gasteiger partial charge in [-0.05, 0) is 24.0 Å². The predicted molar refractivity (Wildman–Crippen MR) is 68.5 cm³/mol. The molecule has 1 atom stereocenters. The van der Waals surface area contributed by atoms with Crippen molar-refractivity contribution in [2.24, 2.45) is 0 Å². The highest BCUT2D eigenvalue weighted by Gasteiger charge is 2.20. The maximum Gasteiger partial charge on any atom is 0.164 e. The number of rotatable bonds is 4. The van der Waals surface area contributed by atoms with Gasteiger partial charge in [-0.2, -0.15) is 0 Å². The quantitative estimate of drug-likeness (QED) is 0.759. The molecule has 0 bridgehead atoms. The minimum Gasteiger partial charge on any atom is -0.486 e. The van der Waals surface area contributed by atoms with Gasteiger partial charge >= 0.3 is 0 Å². The Kier molecular flexibility index (Phi) is 4.09. The molecule has 18 heavy (non-hydrogen) atoms. The van der Waals surface area contributed by atoms with Gasteiger partial charge in [0.1, 0.15) is 19.0 Å². The van der Waals surface area contributed by atoms with Crippen LogP contribution in [0.3, 0.4) is 0 Å². The molecule has 0 radical (unpaired) electrons. The summed E-state index contributed by atoms with van der Waals surface area (Å²) in [5, 5.41) is 0. The first-order valence-corrected chi connectivity index (χ1v) is 6.28. The van der Waals surface area contributed by atoms with E-state index < -0.39 is 0 Å². The molecule has 0 N–H and O–H groups in total. The topological polar surface area (TPSA) is 18.5 Å². The Labute approximate surface area is 107 Å². The van der Waals surface area contributed by atoms with Crippen molar-refractivity contribution in [2.75, 3.05) is 13.2 Å². The Morgan fingerprint density at radius 2 is 2.00 bits per heavy atom. The summed E-state index contributed by atoms with van der Waals surface area (Å²) in [6, 6.07) is 3.14. The van der Waals surface area contributed by atoms with Gasteiger partial charge in [0.25, 0.3) is 0 Å². The largest absolute Gasteiger partial charge is 0.486 e. The molecule has 3 heteroatoms. The van der Waals surface area contributed by atoms with Crippen molar-refractivity contribution < 1.29 is 13.9 Å². The lowest BCUT2D eigenvalue weighted by atomic mass is 9.91. The Bertz CT molecular complexity index is 462. The van der Waals surface area contributed by atoms with Gasteiger partial charge in [-0.1, -0.05) is 13.3 Å². The summed E-state index contributed by atoms with van der Waals surface area (Å²) in [5.74, 6) is 3.52. The SMILES string of the molecule is C#CCC(CCC)c1cc2c(cc1F)OCCO2. The van der Waals surface area contributed by atoms with Crippen molar-refractivity contribution in [1.29, 1.82) is 0 Å². The molecule has 0 amide bonds. The number of terminal acetylenes is 1. The third-order valence-electron chi connectivity index (χ3n) is 3.10. The molecule has 0 spiro atoms. The maximum atomic E-state index is 14.1. The van der Waals surface area contributed by atoms with E-state index in [0.29, 0.717) is 36.7 Å². The zero-order chi connectivity index (χ0) is 13.0. The molecule has 96 valence electrons. The smallest absolute Gasteiger partial charge is 0.164 e. The number of fused-ring (bicyclic) bond motifs is 1. The standard InChI is InChI=1S/C15H17FO2/c1-3-5-11(6-4-2)12-9-14-15(10-13(12)16)18-8-7-17-14/h1,9-11H,4-8H2,2H3. The summed E-state index contributed by atoms with van der Waals surface area (Å²) < 4.78 is 24.9. The summed E-state index contributed by atoms with van der Waals surface area (Å²) in [4.78, 5) is 0. The van der Waals surface area contributed by atoms with Crippen molar-refractivity contribution in [2.45, 2.75) is 32.1 Å². The zero-order valence-corrected chi connectivity index (χ0v) is 10.5. The second-order valence-electron chi connectivity index (χ2n) is 4.41. The molecule has 1 unspecified atom stereocenters. The fraction of sp³-hybridized carbons (Fsp3) is 0.467. The van der Waals surface area contributed by atoms with Crippen LogP contribution in [0, 0.1) is 18.2 Å². The van der Waals surface area contributed by atoms with E-state index in [4.69, 9.17) is 15.9 Å². The van der Waals surface area contributed by atoms with Crippen LogP contribution < -0.4 is 9.47 Å². The molecule has 2 nitrogen and oxygen atoms in total. The molecule has 1 aromatic carbocycles. The third kappa shape index (κ3) is 2.59. The zero-order valence-electron chi connectivity index (χ0n) is 10.5. The van der Waals surface area contributed by atoms with Gasteiger partial charge in [0.2, 0.25) is 0 Å². The summed E-state index contributed by atoms with van der Waals surface area (Å²) in [6.07, 6.45) is 7.75. The van der Waals surface area contributed by atoms with Gasteiger partial charge in [0, 0.05) is 12.5 Å². The lowest BCUT2D eigenvalue weighted by molar-refractivity contribution is 0.170. The van der Waals surface area contributed by atoms with E-state index in [-0.39, 0.29) is 11.7 Å². The van der Waals surface area contributed by atoms with Crippen LogP contribution >= 0.6 is 0 Å². The molecule has 1 aliphatic heterocycles. The first-order chi connectivity index (χ1) is 8.76. The second kappa shape index (κ2) is 5.77. The lowest BCUT2D eigenvalue weighted by Crippen LogP contribution is -2.16. The minimum atomic E-state index is -0.257. The molecule has 0 fully saturated rings. The molecule has 1 aliphatic rings. The number of ether oxygens (including phenoxy) is 2. The minimum absolute atomic E-state index is 0.0517. The van der Waals surface area contributed by atoms with Crippen LogP contribution in [-0.2, 0) is 0 Å². The third-order valence-corrected chi connectivity index (χ3v) is 3.10.